The zero-order chi connectivity index (χ0) is 21.8. The molecule has 4 aliphatic carbocycles. The van der Waals surface area contributed by atoms with Crippen LogP contribution in [0.25, 0.3) is 0 Å². The van der Waals surface area contributed by atoms with Crippen molar-refractivity contribution in [3.8, 4) is 6.07 Å². The van der Waals surface area contributed by atoms with Crippen molar-refractivity contribution in [2.75, 3.05) is 0 Å². The van der Waals surface area contributed by atoms with E-state index in [0.29, 0.717) is 22.3 Å². The van der Waals surface area contributed by atoms with Crippen molar-refractivity contribution >= 4 is 0 Å². The zero-order valence-electron chi connectivity index (χ0n) is 20.3. The van der Waals surface area contributed by atoms with Crippen LogP contribution in [-0.4, -0.2) is 9.78 Å². The van der Waals surface area contributed by atoms with Crippen molar-refractivity contribution in [3.05, 3.63) is 18.0 Å². The second-order valence-electron chi connectivity index (χ2n) is 12.7. The Bertz CT molecular complexity index is 836. The number of nitriles is 1. The molecule has 2 unspecified atom stereocenters. The smallest absolute Gasteiger partial charge is 0.102 e. The summed E-state index contributed by atoms with van der Waals surface area (Å²) < 4.78 is 2.02. The summed E-state index contributed by atoms with van der Waals surface area (Å²) in [6, 6.07) is 2.22. The predicted molar refractivity (Wildman–Crippen MR) is 125 cm³/mol. The first kappa shape index (κ1) is 21.5. The van der Waals surface area contributed by atoms with Gasteiger partial charge in [0, 0.05) is 12.7 Å². The van der Waals surface area contributed by atoms with Gasteiger partial charge in [0.2, 0.25) is 0 Å². The van der Waals surface area contributed by atoms with E-state index in [9.17, 15) is 0 Å². The lowest BCUT2D eigenvalue weighted by Crippen LogP contribution is -2.50. The minimum absolute atomic E-state index is 0.511. The highest BCUT2D eigenvalue weighted by Crippen LogP contribution is 2.67. The third-order valence-electron chi connectivity index (χ3n) is 11.0. The van der Waals surface area contributed by atoms with Gasteiger partial charge in [-0.15, -0.1) is 0 Å². The standard InChI is InChI=1S/C28H43N3/c1-19-6-5-7-25-22-11-13-28(4)24(20(2)17-31-18-21(15-29)16-30-31)8-9-26(28)23(22)10-12-27(25,3)14-19/h16,18-20,22-26H,5-14,17H2,1-4H3/t19-,20-,22?,23+,24+,25+,26?,27+,28+/m0/s1. The van der Waals surface area contributed by atoms with E-state index in [1.807, 2.05) is 10.9 Å². The van der Waals surface area contributed by atoms with Crippen LogP contribution >= 0.6 is 0 Å². The normalized spacial score (nSPS) is 45.6. The second-order valence-corrected chi connectivity index (χ2v) is 12.7. The average Bonchev–Trinajstić information content (AvgIpc) is 3.28. The Morgan fingerprint density at radius 2 is 1.87 bits per heavy atom. The summed E-state index contributed by atoms with van der Waals surface area (Å²) >= 11 is 0. The first-order chi connectivity index (χ1) is 14.8. The van der Waals surface area contributed by atoms with Crippen molar-refractivity contribution in [1.29, 1.82) is 5.26 Å². The SMILES string of the molecule is C[C@H]1CCC[C@@H]2C3CC[C@@]4(C)C(CC[C@@H]4[C@@H](C)Cn4cc(C#N)cn4)[C@@H]3CC[C@]2(C)C1. The Morgan fingerprint density at radius 3 is 2.65 bits per heavy atom. The maximum Gasteiger partial charge on any atom is 0.102 e. The molecular formula is C28H43N3. The van der Waals surface area contributed by atoms with Crippen molar-refractivity contribution < 1.29 is 0 Å². The molecule has 4 saturated carbocycles. The fourth-order valence-corrected chi connectivity index (χ4v) is 9.75. The van der Waals surface area contributed by atoms with E-state index >= 15 is 0 Å². The van der Waals surface area contributed by atoms with Crippen LogP contribution in [0.1, 0.15) is 97.5 Å². The highest BCUT2D eigenvalue weighted by atomic mass is 15.3. The van der Waals surface area contributed by atoms with Gasteiger partial charge in [0.25, 0.3) is 0 Å². The molecule has 31 heavy (non-hydrogen) atoms. The Labute approximate surface area is 190 Å². The molecule has 0 aliphatic heterocycles. The van der Waals surface area contributed by atoms with Gasteiger partial charge in [0.1, 0.15) is 6.07 Å². The van der Waals surface area contributed by atoms with E-state index in [-0.39, 0.29) is 0 Å². The van der Waals surface area contributed by atoms with E-state index in [1.54, 1.807) is 6.20 Å². The first-order valence-corrected chi connectivity index (χ1v) is 13.3. The van der Waals surface area contributed by atoms with Gasteiger partial charge < -0.3 is 0 Å². The topological polar surface area (TPSA) is 41.6 Å². The summed E-state index contributed by atoms with van der Waals surface area (Å²) in [6.07, 6.45) is 18.3. The molecule has 0 bridgehead atoms. The van der Waals surface area contributed by atoms with Crippen molar-refractivity contribution in [2.24, 2.45) is 52.3 Å². The number of hydrogen-bond donors (Lipinski definition) is 0. The van der Waals surface area contributed by atoms with E-state index < -0.39 is 0 Å². The lowest BCUT2D eigenvalue weighted by atomic mass is 9.47. The van der Waals surface area contributed by atoms with Gasteiger partial charge in [-0.25, -0.2) is 0 Å². The number of hydrogen-bond acceptors (Lipinski definition) is 2. The molecular weight excluding hydrogens is 378 g/mol. The molecule has 1 heterocycles. The highest BCUT2D eigenvalue weighted by Gasteiger charge is 2.59. The monoisotopic (exact) mass is 421 g/mol. The molecule has 5 rings (SSSR count). The van der Waals surface area contributed by atoms with Gasteiger partial charge in [-0.05, 0) is 104 Å². The van der Waals surface area contributed by atoms with Gasteiger partial charge in [0.15, 0.2) is 0 Å². The Balaban J connectivity index is 1.33. The molecule has 1 aromatic rings. The van der Waals surface area contributed by atoms with Gasteiger partial charge in [-0.3, -0.25) is 4.68 Å². The molecule has 0 N–H and O–H groups in total. The molecule has 3 nitrogen and oxygen atoms in total. The van der Waals surface area contributed by atoms with Crippen LogP contribution in [-0.2, 0) is 6.54 Å². The van der Waals surface area contributed by atoms with E-state index in [1.165, 1.54) is 64.2 Å². The molecule has 170 valence electrons. The predicted octanol–water partition coefficient (Wildman–Crippen LogP) is 7.08. The van der Waals surface area contributed by atoms with E-state index in [2.05, 4.69) is 38.9 Å². The Morgan fingerprint density at radius 1 is 1.10 bits per heavy atom. The maximum absolute atomic E-state index is 9.13. The van der Waals surface area contributed by atoms with Crippen LogP contribution in [0.3, 0.4) is 0 Å². The van der Waals surface area contributed by atoms with E-state index in [0.717, 1.165) is 42.1 Å². The van der Waals surface area contributed by atoms with Crippen LogP contribution < -0.4 is 0 Å². The number of nitrogens with zero attached hydrogens (tertiary/aromatic N) is 3. The number of rotatable bonds is 3. The Kier molecular flexibility index (Phi) is 5.51. The van der Waals surface area contributed by atoms with Gasteiger partial charge in [-0.2, -0.15) is 10.4 Å². The summed E-state index contributed by atoms with van der Waals surface area (Å²) in [5, 5.41) is 13.6. The fourth-order valence-electron chi connectivity index (χ4n) is 9.75. The highest BCUT2D eigenvalue weighted by molar-refractivity contribution is 5.21. The lowest BCUT2D eigenvalue weighted by molar-refractivity contribution is -0.0900. The minimum atomic E-state index is 0.511. The second kappa shape index (κ2) is 7.93. The fraction of sp³-hybridized carbons (Fsp3) is 0.857. The van der Waals surface area contributed by atoms with Gasteiger partial charge in [0.05, 0.1) is 11.8 Å². The maximum atomic E-state index is 9.13. The average molecular weight is 422 g/mol. The van der Waals surface area contributed by atoms with Gasteiger partial charge >= 0.3 is 0 Å². The van der Waals surface area contributed by atoms with Crippen LogP contribution in [0.4, 0.5) is 0 Å². The summed E-state index contributed by atoms with van der Waals surface area (Å²) in [4.78, 5) is 0. The summed E-state index contributed by atoms with van der Waals surface area (Å²) in [5.41, 5.74) is 1.82. The first-order valence-electron chi connectivity index (χ1n) is 13.3. The molecule has 0 spiro atoms. The molecule has 0 aromatic carbocycles. The van der Waals surface area contributed by atoms with Crippen molar-refractivity contribution in [2.45, 2.75) is 98.4 Å². The largest absolute Gasteiger partial charge is 0.271 e. The van der Waals surface area contributed by atoms with Crippen molar-refractivity contribution in [1.82, 2.24) is 9.78 Å². The lowest BCUT2D eigenvalue weighted by Gasteiger charge is -2.58. The molecule has 0 amide bonds. The van der Waals surface area contributed by atoms with Gasteiger partial charge in [-0.1, -0.05) is 40.5 Å². The quantitative estimate of drug-likeness (QED) is 0.523. The number of aromatic nitrogens is 2. The minimum Gasteiger partial charge on any atom is -0.271 e. The van der Waals surface area contributed by atoms with Crippen molar-refractivity contribution in [3.63, 3.8) is 0 Å². The van der Waals surface area contributed by atoms with E-state index in [4.69, 9.17) is 5.26 Å². The number of fused-ring (bicyclic) bond motifs is 5. The zero-order valence-corrected chi connectivity index (χ0v) is 20.3. The van der Waals surface area contributed by atoms with Crippen LogP contribution in [0.5, 0.6) is 0 Å². The Hall–Kier alpha value is -1.30. The molecule has 0 radical (unpaired) electrons. The van der Waals surface area contributed by atoms with Crippen LogP contribution in [0.2, 0.25) is 0 Å². The van der Waals surface area contributed by atoms with Crippen LogP contribution in [0.15, 0.2) is 12.4 Å². The summed E-state index contributed by atoms with van der Waals surface area (Å²) in [5.74, 6) is 6.28. The summed E-state index contributed by atoms with van der Waals surface area (Å²) in [7, 11) is 0. The molecule has 4 fully saturated rings. The molecule has 0 saturated heterocycles. The molecule has 3 heteroatoms. The molecule has 4 aliphatic rings. The molecule has 1 aromatic heterocycles. The van der Waals surface area contributed by atoms with Crippen LogP contribution in [0, 0.1) is 63.6 Å². The third-order valence-corrected chi connectivity index (χ3v) is 11.0. The third kappa shape index (κ3) is 3.57. The summed E-state index contributed by atoms with van der Waals surface area (Å²) in [6.45, 7) is 11.3. The molecule has 9 atom stereocenters.